The van der Waals surface area contributed by atoms with Gasteiger partial charge in [-0.25, -0.2) is 9.97 Å². The number of aryl methyl sites for hydroxylation is 1. The third kappa shape index (κ3) is 3.47. The van der Waals surface area contributed by atoms with Crippen molar-refractivity contribution in [3.8, 4) is 0 Å². The standard InChI is InChI=1S/C12H18N6S.ClH/c1-8-15-11(17-16-8)9-3-2-4-18(6-9)7-10-5-14-12(13)19-10;/h5,9H,2-4,6-7H2,1H3,(H2,13,14)(H,15,16,17);1H. The van der Waals surface area contributed by atoms with Crippen molar-refractivity contribution < 1.29 is 0 Å². The Labute approximate surface area is 128 Å². The summed E-state index contributed by atoms with van der Waals surface area (Å²) in [6.07, 6.45) is 4.23. The van der Waals surface area contributed by atoms with Crippen LogP contribution in [0.15, 0.2) is 6.20 Å². The molecule has 0 saturated carbocycles. The summed E-state index contributed by atoms with van der Waals surface area (Å²) in [5.74, 6) is 2.28. The Morgan fingerprint density at radius 3 is 3.05 bits per heavy atom. The molecule has 1 aliphatic rings. The van der Waals surface area contributed by atoms with Crippen molar-refractivity contribution >= 4 is 28.9 Å². The molecule has 0 spiro atoms. The van der Waals surface area contributed by atoms with Crippen LogP contribution >= 0.6 is 23.7 Å². The Morgan fingerprint density at radius 2 is 2.40 bits per heavy atom. The first-order valence-corrected chi connectivity index (χ1v) is 7.34. The van der Waals surface area contributed by atoms with E-state index in [1.807, 2.05) is 13.1 Å². The number of halogens is 1. The highest BCUT2D eigenvalue weighted by molar-refractivity contribution is 7.15. The normalized spacial score (nSPS) is 19.8. The molecule has 1 saturated heterocycles. The van der Waals surface area contributed by atoms with Crippen molar-refractivity contribution in [2.45, 2.75) is 32.2 Å². The number of nitrogens with zero attached hydrogens (tertiary/aromatic N) is 4. The van der Waals surface area contributed by atoms with E-state index in [0.717, 1.165) is 31.3 Å². The van der Waals surface area contributed by atoms with Gasteiger partial charge in [-0.2, -0.15) is 5.10 Å². The van der Waals surface area contributed by atoms with Crippen molar-refractivity contribution in [1.29, 1.82) is 0 Å². The first-order valence-electron chi connectivity index (χ1n) is 6.52. The van der Waals surface area contributed by atoms with Crippen LogP contribution in [0.5, 0.6) is 0 Å². The Bertz CT molecular complexity index is 554. The molecule has 3 heterocycles. The topological polar surface area (TPSA) is 83.7 Å². The summed E-state index contributed by atoms with van der Waals surface area (Å²) in [7, 11) is 0. The van der Waals surface area contributed by atoms with Gasteiger partial charge in [-0.15, -0.1) is 23.7 Å². The quantitative estimate of drug-likeness (QED) is 0.904. The van der Waals surface area contributed by atoms with E-state index in [4.69, 9.17) is 5.73 Å². The van der Waals surface area contributed by atoms with Crippen molar-refractivity contribution in [2.24, 2.45) is 0 Å². The van der Waals surface area contributed by atoms with Crippen molar-refractivity contribution in [2.75, 3.05) is 18.8 Å². The average molecular weight is 315 g/mol. The lowest BCUT2D eigenvalue weighted by molar-refractivity contribution is 0.198. The minimum Gasteiger partial charge on any atom is -0.375 e. The number of anilines is 1. The molecule has 1 unspecified atom stereocenters. The Balaban J connectivity index is 0.00000147. The van der Waals surface area contributed by atoms with Gasteiger partial charge >= 0.3 is 0 Å². The highest BCUT2D eigenvalue weighted by Crippen LogP contribution is 2.26. The molecular formula is C12H19ClN6S. The van der Waals surface area contributed by atoms with Crippen LogP contribution in [-0.4, -0.2) is 38.2 Å². The van der Waals surface area contributed by atoms with E-state index in [9.17, 15) is 0 Å². The maximum Gasteiger partial charge on any atom is 0.180 e. The first-order chi connectivity index (χ1) is 9.20. The largest absolute Gasteiger partial charge is 0.375 e. The van der Waals surface area contributed by atoms with Gasteiger partial charge in [0.1, 0.15) is 5.82 Å². The number of nitrogens with two attached hydrogens (primary N) is 1. The van der Waals surface area contributed by atoms with E-state index in [1.165, 1.54) is 17.7 Å². The van der Waals surface area contributed by atoms with Gasteiger partial charge < -0.3 is 5.73 Å². The second-order valence-electron chi connectivity index (χ2n) is 5.02. The maximum absolute atomic E-state index is 5.67. The lowest BCUT2D eigenvalue weighted by Gasteiger charge is -2.30. The predicted octanol–water partition coefficient (Wildman–Crippen LogP) is 1.95. The molecule has 1 fully saturated rings. The minimum absolute atomic E-state index is 0. The van der Waals surface area contributed by atoms with Crippen LogP contribution in [0.2, 0.25) is 0 Å². The molecule has 6 nitrogen and oxygen atoms in total. The summed E-state index contributed by atoms with van der Waals surface area (Å²) < 4.78 is 0. The summed E-state index contributed by atoms with van der Waals surface area (Å²) in [5.41, 5.74) is 5.67. The van der Waals surface area contributed by atoms with E-state index in [2.05, 4.69) is 25.1 Å². The van der Waals surface area contributed by atoms with Gasteiger partial charge in [0, 0.05) is 30.1 Å². The summed E-state index contributed by atoms with van der Waals surface area (Å²) in [6.45, 7) is 5.00. The summed E-state index contributed by atoms with van der Waals surface area (Å²) in [6, 6.07) is 0. The molecule has 0 aliphatic carbocycles. The van der Waals surface area contributed by atoms with Crippen LogP contribution in [0.1, 0.15) is 35.3 Å². The zero-order valence-electron chi connectivity index (χ0n) is 11.4. The summed E-state index contributed by atoms with van der Waals surface area (Å²) in [5, 5.41) is 7.87. The molecule has 3 N–H and O–H groups in total. The smallest absolute Gasteiger partial charge is 0.180 e. The molecule has 0 radical (unpaired) electrons. The van der Waals surface area contributed by atoms with Gasteiger partial charge in [0.25, 0.3) is 0 Å². The highest BCUT2D eigenvalue weighted by Gasteiger charge is 2.24. The summed E-state index contributed by atoms with van der Waals surface area (Å²) >= 11 is 1.57. The average Bonchev–Trinajstić information content (AvgIpc) is 2.99. The van der Waals surface area contributed by atoms with Crippen LogP contribution in [-0.2, 0) is 6.54 Å². The zero-order valence-corrected chi connectivity index (χ0v) is 13.0. The number of hydrogen-bond donors (Lipinski definition) is 2. The van der Waals surface area contributed by atoms with Gasteiger partial charge in [-0.05, 0) is 26.3 Å². The van der Waals surface area contributed by atoms with E-state index in [-0.39, 0.29) is 12.4 Å². The number of nitrogens with one attached hydrogen (secondary N) is 1. The van der Waals surface area contributed by atoms with Crippen LogP contribution in [0, 0.1) is 6.92 Å². The molecule has 1 aliphatic heterocycles. The van der Waals surface area contributed by atoms with E-state index >= 15 is 0 Å². The number of H-pyrrole nitrogens is 1. The number of likely N-dealkylation sites (tertiary alicyclic amines) is 1. The highest BCUT2D eigenvalue weighted by atomic mass is 35.5. The van der Waals surface area contributed by atoms with Gasteiger partial charge in [-0.1, -0.05) is 0 Å². The summed E-state index contributed by atoms with van der Waals surface area (Å²) in [4.78, 5) is 12.2. The van der Waals surface area contributed by atoms with Crippen molar-refractivity contribution in [3.63, 3.8) is 0 Å². The number of thiazole rings is 1. The zero-order chi connectivity index (χ0) is 13.2. The number of rotatable bonds is 3. The van der Waals surface area contributed by atoms with E-state index in [0.29, 0.717) is 11.0 Å². The van der Waals surface area contributed by atoms with Crippen LogP contribution in [0.25, 0.3) is 0 Å². The number of hydrogen-bond acceptors (Lipinski definition) is 6. The number of nitrogen functional groups attached to an aromatic ring is 1. The number of aromatic amines is 1. The molecule has 8 heteroatoms. The number of aromatic nitrogens is 4. The fourth-order valence-electron chi connectivity index (χ4n) is 2.57. The molecule has 0 aromatic carbocycles. The van der Waals surface area contributed by atoms with Gasteiger partial charge in [0.2, 0.25) is 0 Å². The maximum atomic E-state index is 5.67. The van der Waals surface area contributed by atoms with Crippen molar-refractivity contribution in [3.05, 3.63) is 22.7 Å². The fraction of sp³-hybridized carbons (Fsp3) is 0.583. The minimum atomic E-state index is 0. The fourth-order valence-corrected chi connectivity index (χ4v) is 3.30. The second kappa shape index (κ2) is 6.51. The van der Waals surface area contributed by atoms with Crippen LogP contribution in [0.3, 0.4) is 0 Å². The third-order valence-electron chi connectivity index (χ3n) is 3.44. The molecule has 110 valence electrons. The van der Waals surface area contributed by atoms with Crippen molar-refractivity contribution in [1.82, 2.24) is 25.1 Å². The first kappa shape index (κ1) is 15.2. The lowest BCUT2D eigenvalue weighted by atomic mass is 9.97. The number of piperidine rings is 1. The van der Waals surface area contributed by atoms with Crippen LogP contribution in [0.4, 0.5) is 5.13 Å². The molecule has 2 aromatic rings. The molecule has 1 atom stereocenters. The predicted molar refractivity (Wildman–Crippen MR) is 82.1 cm³/mol. The van der Waals surface area contributed by atoms with Gasteiger partial charge in [0.15, 0.2) is 11.0 Å². The lowest BCUT2D eigenvalue weighted by Crippen LogP contribution is -2.34. The molecule has 0 amide bonds. The Hall–Kier alpha value is -1.18. The molecule has 2 aromatic heterocycles. The SMILES string of the molecule is Cc1nc(C2CCCN(Cc3cnc(N)s3)C2)n[nH]1.Cl. The van der Waals surface area contributed by atoms with Gasteiger partial charge in [-0.3, -0.25) is 10.00 Å². The Kier molecular flexibility index (Phi) is 4.95. The Morgan fingerprint density at radius 1 is 1.55 bits per heavy atom. The molecular weight excluding hydrogens is 296 g/mol. The second-order valence-corrected chi connectivity index (χ2v) is 6.16. The van der Waals surface area contributed by atoms with Crippen LogP contribution < -0.4 is 5.73 Å². The van der Waals surface area contributed by atoms with E-state index < -0.39 is 0 Å². The monoisotopic (exact) mass is 314 g/mol. The molecule has 20 heavy (non-hydrogen) atoms. The molecule has 0 bridgehead atoms. The third-order valence-corrected chi connectivity index (χ3v) is 4.25. The van der Waals surface area contributed by atoms with Gasteiger partial charge in [0.05, 0.1) is 0 Å². The van der Waals surface area contributed by atoms with E-state index in [1.54, 1.807) is 11.3 Å². The molecule has 3 rings (SSSR count).